The molecule has 2 aromatic rings. The Morgan fingerprint density at radius 3 is 2.57 bits per heavy atom. The molecule has 0 aliphatic carbocycles. The van der Waals surface area contributed by atoms with Crippen LogP contribution in [0.1, 0.15) is 11.8 Å². The fraction of sp³-hybridized carbons (Fsp3) is 0.381. The molecule has 1 fully saturated rings. The number of benzene rings is 1. The summed E-state index contributed by atoms with van der Waals surface area (Å²) >= 11 is 0. The number of piperazine rings is 1. The number of furan rings is 1. The lowest BCUT2D eigenvalue weighted by Crippen LogP contribution is -2.57. The fourth-order valence-electron chi connectivity index (χ4n) is 3.76. The van der Waals surface area contributed by atoms with E-state index in [-0.39, 0.29) is 0 Å². The number of esters is 1. The van der Waals surface area contributed by atoms with Gasteiger partial charge in [-0.1, -0.05) is 6.07 Å². The first-order chi connectivity index (χ1) is 14.6. The lowest BCUT2D eigenvalue weighted by Gasteiger charge is -2.39. The maximum Gasteiger partial charge on any atom is 0.320 e. The van der Waals surface area contributed by atoms with Crippen LogP contribution >= 0.6 is 0 Å². The van der Waals surface area contributed by atoms with E-state index in [1.807, 2.05) is 29.2 Å². The fourth-order valence-corrected chi connectivity index (χ4v) is 3.76. The maximum absolute atomic E-state index is 12.7. The van der Waals surface area contributed by atoms with Gasteiger partial charge in [0.15, 0.2) is 5.92 Å². The highest BCUT2D eigenvalue weighted by molar-refractivity contribution is 6.08. The Balaban J connectivity index is 1.51. The quantitative estimate of drug-likeness (QED) is 0.599. The number of anilines is 1. The first-order valence-corrected chi connectivity index (χ1v) is 9.74. The van der Waals surface area contributed by atoms with Crippen molar-refractivity contribution in [3.8, 4) is 5.75 Å². The highest BCUT2D eigenvalue weighted by atomic mass is 16.5. The van der Waals surface area contributed by atoms with Crippen LogP contribution in [-0.2, 0) is 14.3 Å². The molecule has 2 atom stereocenters. The van der Waals surface area contributed by atoms with Crippen LogP contribution in [0.2, 0.25) is 0 Å². The van der Waals surface area contributed by atoms with Crippen LogP contribution in [0, 0.1) is 5.92 Å². The molecule has 0 bridgehead atoms. The smallest absolute Gasteiger partial charge is 0.320 e. The van der Waals surface area contributed by atoms with Crippen LogP contribution in [-0.4, -0.2) is 63.1 Å². The van der Waals surface area contributed by atoms with E-state index in [0.717, 1.165) is 24.5 Å². The van der Waals surface area contributed by atoms with E-state index in [0.29, 0.717) is 24.8 Å². The Labute approximate surface area is 174 Å². The van der Waals surface area contributed by atoms with Gasteiger partial charge in [0.25, 0.3) is 0 Å². The summed E-state index contributed by atoms with van der Waals surface area (Å²) < 4.78 is 15.6. The van der Waals surface area contributed by atoms with Crippen LogP contribution in [0.5, 0.6) is 5.75 Å². The lowest BCUT2D eigenvalue weighted by atomic mass is 9.95. The number of aliphatic imine (C=N–C) groups is 1. The topological polar surface area (TPSA) is 96.6 Å². The second kappa shape index (κ2) is 8.48. The molecular weight excluding hydrogens is 388 g/mol. The highest BCUT2D eigenvalue weighted by Crippen LogP contribution is 2.31. The van der Waals surface area contributed by atoms with Gasteiger partial charge >= 0.3 is 5.97 Å². The maximum atomic E-state index is 12.7. The zero-order valence-electron chi connectivity index (χ0n) is 16.9. The summed E-state index contributed by atoms with van der Waals surface area (Å²) in [6, 6.07) is 10.6. The third-order valence-corrected chi connectivity index (χ3v) is 5.38. The minimum atomic E-state index is -1.08. The molecule has 1 N–H and O–H groups in total. The van der Waals surface area contributed by atoms with Crippen molar-refractivity contribution in [2.45, 2.75) is 6.04 Å². The van der Waals surface area contributed by atoms with E-state index in [9.17, 15) is 9.59 Å². The Morgan fingerprint density at radius 1 is 1.13 bits per heavy atom. The van der Waals surface area contributed by atoms with Crippen molar-refractivity contribution >= 4 is 23.5 Å². The molecule has 30 heavy (non-hydrogen) atoms. The van der Waals surface area contributed by atoms with Gasteiger partial charge in [0, 0.05) is 37.9 Å². The summed E-state index contributed by atoms with van der Waals surface area (Å²) in [6.07, 6.45) is 1.50. The summed E-state index contributed by atoms with van der Waals surface area (Å²) in [5.41, 5.74) is 1.09. The molecule has 3 heterocycles. The van der Waals surface area contributed by atoms with Crippen LogP contribution in [0.4, 0.5) is 5.69 Å². The molecule has 4 rings (SSSR count). The molecule has 1 aromatic carbocycles. The van der Waals surface area contributed by atoms with Gasteiger partial charge in [-0.15, -0.1) is 0 Å². The predicted molar refractivity (Wildman–Crippen MR) is 109 cm³/mol. The van der Waals surface area contributed by atoms with Crippen molar-refractivity contribution in [3.63, 3.8) is 0 Å². The van der Waals surface area contributed by atoms with Gasteiger partial charge in [-0.2, -0.15) is 0 Å². The number of amides is 1. The molecular formula is C21H24N4O5. The second-order valence-electron chi connectivity index (χ2n) is 7.08. The zero-order valence-corrected chi connectivity index (χ0v) is 16.9. The Hall–Kier alpha value is -3.49. The first-order valence-electron chi connectivity index (χ1n) is 9.74. The zero-order chi connectivity index (χ0) is 21.1. The predicted octanol–water partition coefficient (Wildman–Crippen LogP) is 1.43. The van der Waals surface area contributed by atoms with Gasteiger partial charge in [0.05, 0.1) is 20.5 Å². The minimum absolute atomic E-state index is 0.441. The summed E-state index contributed by atoms with van der Waals surface area (Å²) in [7, 11) is 2.91. The molecule has 0 spiro atoms. The molecule has 0 saturated carbocycles. The van der Waals surface area contributed by atoms with Crippen molar-refractivity contribution in [3.05, 3.63) is 48.4 Å². The van der Waals surface area contributed by atoms with Crippen molar-refractivity contribution in [1.29, 1.82) is 0 Å². The monoisotopic (exact) mass is 412 g/mol. The number of rotatable bonds is 4. The first kappa shape index (κ1) is 19.8. The van der Waals surface area contributed by atoms with Crippen LogP contribution in [0.15, 0.2) is 52.1 Å². The molecule has 1 amide bonds. The van der Waals surface area contributed by atoms with Crippen molar-refractivity contribution in [2.75, 3.05) is 45.3 Å². The molecule has 1 saturated heterocycles. The number of hydrogen-bond donors (Lipinski definition) is 1. The average Bonchev–Trinajstić information content (AvgIpc) is 3.33. The molecule has 2 aliphatic rings. The summed E-state index contributed by atoms with van der Waals surface area (Å²) in [6.45, 7) is 2.86. The second-order valence-corrected chi connectivity index (χ2v) is 7.08. The number of guanidine groups is 1. The van der Waals surface area contributed by atoms with E-state index in [1.165, 1.54) is 13.4 Å². The molecule has 9 heteroatoms. The van der Waals surface area contributed by atoms with Crippen LogP contribution in [0.3, 0.4) is 0 Å². The number of nitrogens with zero attached hydrogens (tertiary/aromatic N) is 3. The summed E-state index contributed by atoms with van der Waals surface area (Å²) in [4.78, 5) is 33.8. The van der Waals surface area contributed by atoms with Gasteiger partial charge in [-0.25, -0.2) is 4.99 Å². The Bertz CT molecular complexity index is 935. The SMILES string of the molecule is COC(=O)C1C(=O)NC(N2CCN(c3cccc(OC)c3)CC2)=NC1c1ccco1. The highest BCUT2D eigenvalue weighted by Gasteiger charge is 2.43. The number of hydrogen-bond acceptors (Lipinski definition) is 8. The number of carbonyl (C=O) groups is 2. The number of ether oxygens (including phenoxy) is 2. The number of methoxy groups -OCH3 is 2. The van der Waals surface area contributed by atoms with Gasteiger partial charge in [-0.3, -0.25) is 14.9 Å². The average molecular weight is 412 g/mol. The van der Waals surface area contributed by atoms with Crippen LogP contribution < -0.4 is 15.0 Å². The van der Waals surface area contributed by atoms with Gasteiger partial charge < -0.3 is 23.7 Å². The van der Waals surface area contributed by atoms with Gasteiger partial charge in [0.2, 0.25) is 11.9 Å². The van der Waals surface area contributed by atoms with Gasteiger partial charge in [-0.05, 0) is 24.3 Å². The van der Waals surface area contributed by atoms with Gasteiger partial charge in [0.1, 0.15) is 17.6 Å². The summed E-state index contributed by atoms with van der Waals surface area (Å²) in [5, 5.41) is 2.77. The third kappa shape index (κ3) is 3.83. The van der Waals surface area contributed by atoms with Crippen molar-refractivity contribution < 1.29 is 23.5 Å². The molecule has 2 aliphatic heterocycles. The summed E-state index contributed by atoms with van der Waals surface area (Å²) in [5.74, 6) is -0.445. The van der Waals surface area contributed by atoms with E-state index in [4.69, 9.17) is 13.9 Å². The normalized spacial score (nSPS) is 21.7. The minimum Gasteiger partial charge on any atom is -0.497 e. The van der Waals surface area contributed by atoms with E-state index < -0.39 is 23.8 Å². The van der Waals surface area contributed by atoms with E-state index in [1.54, 1.807) is 19.2 Å². The molecule has 9 nitrogen and oxygen atoms in total. The van der Waals surface area contributed by atoms with Crippen molar-refractivity contribution in [2.24, 2.45) is 10.9 Å². The number of nitrogens with one attached hydrogen (secondary N) is 1. The molecule has 1 aromatic heterocycles. The van der Waals surface area contributed by atoms with Crippen molar-refractivity contribution in [1.82, 2.24) is 10.2 Å². The third-order valence-electron chi connectivity index (χ3n) is 5.38. The Morgan fingerprint density at radius 2 is 1.90 bits per heavy atom. The Kier molecular flexibility index (Phi) is 5.60. The molecule has 2 unspecified atom stereocenters. The largest absolute Gasteiger partial charge is 0.497 e. The van der Waals surface area contributed by atoms with E-state index >= 15 is 0 Å². The standard InChI is InChI=1S/C21H24N4O5/c1-28-15-6-3-5-14(13-15)24-8-10-25(11-9-24)21-22-18(16-7-4-12-30-16)17(19(26)23-21)20(27)29-2/h3-7,12-13,17-18H,8-11H2,1-2H3,(H,22,23,26). The molecule has 158 valence electrons. The number of carbonyl (C=O) groups excluding carboxylic acids is 2. The molecule has 0 radical (unpaired) electrons. The van der Waals surface area contributed by atoms with E-state index in [2.05, 4.69) is 15.2 Å². The lowest BCUT2D eigenvalue weighted by molar-refractivity contribution is -0.151. The van der Waals surface area contributed by atoms with Crippen LogP contribution in [0.25, 0.3) is 0 Å².